The average molecular weight is 359 g/mol. The van der Waals surface area contributed by atoms with Crippen LogP contribution in [-0.4, -0.2) is 29.4 Å². The van der Waals surface area contributed by atoms with E-state index in [-0.39, 0.29) is 11.4 Å². The van der Waals surface area contributed by atoms with Gasteiger partial charge in [0.25, 0.3) is 5.91 Å². The molecule has 5 heteroatoms. The van der Waals surface area contributed by atoms with Crippen molar-refractivity contribution in [2.75, 3.05) is 12.0 Å². The Hall–Kier alpha value is -3.21. The van der Waals surface area contributed by atoms with Gasteiger partial charge in [-0.05, 0) is 51.1 Å². The third kappa shape index (κ3) is 2.95. The molecule has 0 aliphatic carbocycles. The number of benzene rings is 2. The predicted octanol–water partition coefficient (Wildman–Crippen LogP) is 4.45. The Kier molecular flexibility index (Phi) is 3.95. The van der Waals surface area contributed by atoms with Gasteiger partial charge in [0.05, 0.1) is 29.4 Å². The highest BCUT2D eigenvalue weighted by Crippen LogP contribution is 2.35. The molecule has 5 nitrogen and oxygen atoms in total. The van der Waals surface area contributed by atoms with E-state index in [0.717, 1.165) is 22.2 Å². The number of hydrogen-bond acceptors (Lipinski definition) is 4. The number of carbonyl (C=O) groups excluding carboxylic acids is 1. The molecule has 1 amide bonds. The number of amides is 1. The molecule has 1 aliphatic heterocycles. The van der Waals surface area contributed by atoms with Crippen LogP contribution >= 0.6 is 0 Å². The molecule has 27 heavy (non-hydrogen) atoms. The Morgan fingerprint density at radius 3 is 2.56 bits per heavy atom. The van der Waals surface area contributed by atoms with E-state index in [1.165, 1.54) is 0 Å². The molecular weight excluding hydrogens is 338 g/mol. The van der Waals surface area contributed by atoms with Crippen molar-refractivity contribution < 1.29 is 9.53 Å². The summed E-state index contributed by atoms with van der Waals surface area (Å²) in [5, 5.41) is 0.978. The highest BCUT2D eigenvalue weighted by Gasteiger charge is 2.37. The largest absolute Gasteiger partial charge is 0.497 e. The SMILES string of the molecule is COc1ccc2c(c1)C(=NC(C)(C)C)N(c1cccc3cccnc13)C2=O. The normalized spacial score (nSPS) is 15.5. The molecule has 0 bridgehead atoms. The number of aromatic nitrogens is 1. The van der Waals surface area contributed by atoms with E-state index in [2.05, 4.69) is 4.98 Å². The third-order valence-corrected chi connectivity index (χ3v) is 4.41. The summed E-state index contributed by atoms with van der Waals surface area (Å²) >= 11 is 0. The van der Waals surface area contributed by atoms with E-state index in [0.29, 0.717) is 17.1 Å². The fourth-order valence-electron chi connectivity index (χ4n) is 3.28. The summed E-state index contributed by atoms with van der Waals surface area (Å²) < 4.78 is 5.37. The number of pyridine rings is 1. The Labute approximate surface area is 158 Å². The molecule has 0 spiro atoms. The first kappa shape index (κ1) is 17.2. The summed E-state index contributed by atoms with van der Waals surface area (Å²) in [7, 11) is 1.62. The van der Waals surface area contributed by atoms with E-state index in [1.54, 1.807) is 30.3 Å². The van der Waals surface area contributed by atoms with Crippen LogP contribution < -0.4 is 9.64 Å². The van der Waals surface area contributed by atoms with E-state index in [9.17, 15) is 4.79 Å². The monoisotopic (exact) mass is 359 g/mol. The maximum atomic E-state index is 13.3. The zero-order valence-electron chi connectivity index (χ0n) is 15.9. The molecule has 2 aromatic carbocycles. The van der Waals surface area contributed by atoms with Crippen molar-refractivity contribution in [2.45, 2.75) is 26.3 Å². The number of amidine groups is 1. The van der Waals surface area contributed by atoms with E-state index >= 15 is 0 Å². The predicted molar refractivity (Wildman–Crippen MR) is 108 cm³/mol. The Bertz CT molecular complexity index is 1080. The molecule has 1 aliphatic rings. The summed E-state index contributed by atoms with van der Waals surface area (Å²) in [5.41, 5.74) is 2.55. The summed E-state index contributed by atoms with van der Waals surface area (Å²) in [6.07, 6.45) is 1.74. The van der Waals surface area contributed by atoms with Gasteiger partial charge < -0.3 is 4.74 Å². The molecule has 0 fully saturated rings. The molecule has 1 aromatic heterocycles. The first-order chi connectivity index (χ1) is 12.9. The van der Waals surface area contributed by atoms with Gasteiger partial charge in [-0.1, -0.05) is 18.2 Å². The Morgan fingerprint density at radius 2 is 1.81 bits per heavy atom. The van der Waals surface area contributed by atoms with Gasteiger partial charge >= 0.3 is 0 Å². The number of carbonyl (C=O) groups is 1. The quantitative estimate of drug-likeness (QED) is 0.679. The third-order valence-electron chi connectivity index (χ3n) is 4.41. The van der Waals surface area contributed by atoms with Crippen LogP contribution in [0.4, 0.5) is 5.69 Å². The minimum absolute atomic E-state index is 0.103. The maximum absolute atomic E-state index is 13.3. The van der Waals surface area contributed by atoms with Crippen molar-refractivity contribution >= 4 is 28.3 Å². The summed E-state index contributed by atoms with van der Waals surface area (Å²) in [5.74, 6) is 1.22. The second-order valence-electron chi connectivity index (χ2n) is 7.51. The molecule has 0 radical (unpaired) electrons. The van der Waals surface area contributed by atoms with Gasteiger partial charge in [0.15, 0.2) is 0 Å². The first-order valence-electron chi connectivity index (χ1n) is 8.85. The molecule has 0 saturated carbocycles. The first-order valence-corrected chi connectivity index (χ1v) is 8.85. The lowest BCUT2D eigenvalue weighted by molar-refractivity contribution is 0.101. The molecule has 0 unspecified atom stereocenters. The minimum Gasteiger partial charge on any atom is -0.497 e. The van der Waals surface area contributed by atoms with Crippen molar-refractivity contribution in [1.82, 2.24) is 4.98 Å². The fourth-order valence-corrected chi connectivity index (χ4v) is 3.28. The number of para-hydroxylation sites is 1. The minimum atomic E-state index is -0.351. The zero-order valence-corrected chi connectivity index (χ0v) is 15.9. The van der Waals surface area contributed by atoms with Gasteiger partial charge in [0.2, 0.25) is 0 Å². The van der Waals surface area contributed by atoms with E-state index in [4.69, 9.17) is 9.73 Å². The summed E-state index contributed by atoms with van der Waals surface area (Å²) in [4.78, 5) is 24.4. The van der Waals surface area contributed by atoms with Crippen LogP contribution in [0.1, 0.15) is 36.7 Å². The summed E-state index contributed by atoms with van der Waals surface area (Å²) in [6.45, 7) is 6.05. The highest BCUT2D eigenvalue weighted by molar-refractivity contribution is 6.37. The van der Waals surface area contributed by atoms with E-state index in [1.807, 2.05) is 57.2 Å². The zero-order chi connectivity index (χ0) is 19.2. The van der Waals surface area contributed by atoms with E-state index < -0.39 is 0 Å². The molecule has 2 heterocycles. The Balaban J connectivity index is 1.99. The van der Waals surface area contributed by atoms with Gasteiger partial charge in [-0.3, -0.25) is 19.7 Å². The number of aliphatic imine (C=N–C) groups is 1. The van der Waals surface area contributed by atoms with Crippen molar-refractivity contribution in [3.05, 3.63) is 65.9 Å². The van der Waals surface area contributed by atoms with Crippen LogP contribution in [0.15, 0.2) is 59.7 Å². The number of methoxy groups -OCH3 is 1. The van der Waals surface area contributed by atoms with Crippen molar-refractivity contribution in [2.24, 2.45) is 4.99 Å². The Morgan fingerprint density at radius 1 is 1.04 bits per heavy atom. The lowest BCUT2D eigenvalue weighted by Gasteiger charge is -2.22. The number of rotatable bonds is 2. The number of fused-ring (bicyclic) bond motifs is 2. The standard InChI is InChI=1S/C22H21N3O2/c1-22(2,3)24-20-17-13-15(27-4)10-11-16(17)21(26)25(20)18-9-5-7-14-8-6-12-23-19(14)18/h5-13H,1-4H3. The average Bonchev–Trinajstić information content (AvgIpc) is 2.91. The molecule has 136 valence electrons. The van der Waals surface area contributed by atoms with Crippen LogP contribution in [0.5, 0.6) is 5.75 Å². The van der Waals surface area contributed by atoms with Crippen LogP contribution in [0.3, 0.4) is 0 Å². The van der Waals surface area contributed by atoms with Crippen LogP contribution in [-0.2, 0) is 0 Å². The van der Waals surface area contributed by atoms with Gasteiger partial charge in [0.1, 0.15) is 11.6 Å². The number of nitrogens with zero attached hydrogens (tertiary/aromatic N) is 3. The fraction of sp³-hybridized carbons (Fsp3) is 0.227. The molecule has 4 rings (SSSR count). The lowest BCUT2D eigenvalue weighted by atomic mass is 10.1. The van der Waals surface area contributed by atoms with Crippen LogP contribution in [0.25, 0.3) is 10.9 Å². The molecule has 3 aromatic rings. The van der Waals surface area contributed by atoms with Crippen molar-refractivity contribution in [1.29, 1.82) is 0 Å². The van der Waals surface area contributed by atoms with Gasteiger partial charge in [-0.15, -0.1) is 0 Å². The van der Waals surface area contributed by atoms with Gasteiger partial charge in [-0.25, -0.2) is 0 Å². The molecule has 0 saturated heterocycles. The second kappa shape index (κ2) is 6.20. The van der Waals surface area contributed by atoms with Crippen LogP contribution in [0.2, 0.25) is 0 Å². The molecular formula is C22H21N3O2. The maximum Gasteiger partial charge on any atom is 0.264 e. The molecule has 0 N–H and O–H groups in total. The van der Waals surface area contributed by atoms with Gasteiger partial charge in [-0.2, -0.15) is 0 Å². The van der Waals surface area contributed by atoms with Crippen molar-refractivity contribution in [3.63, 3.8) is 0 Å². The van der Waals surface area contributed by atoms with Crippen molar-refractivity contribution in [3.8, 4) is 5.75 Å². The topological polar surface area (TPSA) is 54.8 Å². The highest BCUT2D eigenvalue weighted by atomic mass is 16.5. The number of anilines is 1. The number of ether oxygens (including phenoxy) is 1. The molecule has 0 atom stereocenters. The smallest absolute Gasteiger partial charge is 0.264 e. The van der Waals surface area contributed by atoms with Crippen LogP contribution in [0, 0.1) is 0 Å². The van der Waals surface area contributed by atoms with Gasteiger partial charge in [0, 0.05) is 17.1 Å². The lowest BCUT2D eigenvalue weighted by Crippen LogP contribution is -2.32. The summed E-state index contributed by atoms with van der Waals surface area (Å²) in [6, 6.07) is 15.2. The second-order valence-corrected chi connectivity index (χ2v) is 7.51. The number of hydrogen-bond donors (Lipinski definition) is 0.